The molecule has 1 aromatic carbocycles. The Morgan fingerprint density at radius 1 is 1.16 bits per heavy atom. The molecule has 1 fully saturated rings. The predicted molar refractivity (Wildman–Crippen MR) is 83.0 cm³/mol. The summed E-state index contributed by atoms with van der Waals surface area (Å²) < 4.78 is 5.67. The number of thiocarbonyl (C=S) groups is 1. The second-order valence-electron chi connectivity index (χ2n) is 4.66. The molecule has 2 rings (SSSR count). The molecular weight excluding hydrogens is 256 g/mol. The summed E-state index contributed by atoms with van der Waals surface area (Å²) >= 11 is 5.64. The lowest BCUT2D eigenvalue weighted by Crippen LogP contribution is -2.48. The number of hydrogen-bond acceptors (Lipinski definition) is 3. The van der Waals surface area contributed by atoms with Crippen molar-refractivity contribution in [3.63, 3.8) is 0 Å². The maximum atomic E-state index is 5.67. The molecule has 0 radical (unpaired) electrons. The lowest BCUT2D eigenvalue weighted by atomic mass is 10.1. The van der Waals surface area contributed by atoms with E-state index in [1.54, 1.807) is 0 Å². The number of para-hydroxylation sites is 1. The van der Waals surface area contributed by atoms with Crippen LogP contribution in [0.4, 0.5) is 0 Å². The van der Waals surface area contributed by atoms with Gasteiger partial charge in [-0.1, -0.05) is 31.3 Å². The summed E-state index contributed by atoms with van der Waals surface area (Å²) in [6.45, 7) is 10.2. The molecule has 0 atom stereocenters. The van der Waals surface area contributed by atoms with Crippen LogP contribution in [0.3, 0.4) is 0 Å². The SMILES string of the molecule is CCOc1ccccc1C(=S)N1CCN(CC)CC1. The molecule has 4 heteroatoms. The van der Waals surface area contributed by atoms with Crippen LogP contribution in [0.5, 0.6) is 5.75 Å². The fourth-order valence-corrected chi connectivity index (χ4v) is 2.71. The van der Waals surface area contributed by atoms with E-state index in [-0.39, 0.29) is 0 Å². The Labute approximate surface area is 121 Å². The van der Waals surface area contributed by atoms with E-state index >= 15 is 0 Å². The molecule has 0 aliphatic carbocycles. The fourth-order valence-electron chi connectivity index (χ4n) is 2.36. The molecule has 0 bridgehead atoms. The Morgan fingerprint density at radius 2 is 1.84 bits per heavy atom. The van der Waals surface area contributed by atoms with Gasteiger partial charge in [-0.3, -0.25) is 0 Å². The number of piperazine rings is 1. The van der Waals surface area contributed by atoms with Gasteiger partial charge in [0.2, 0.25) is 0 Å². The van der Waals surface area contributed by atoms with Crippen molar-refractivity contribution in [2.45, 2.75) is 13.8 Å². The number of benzene rings is 1. The van der Waals surface area contributed by atoms with Crippen LogP contribution in [0.1, 0.15) is 19.4 Å². The van der Waals surface area contributed by atoms with E-state index in [0.717, 1.165) is 49.0 Å². The number of nitrogens with zero attached hydrogens (tertiary/aromatic N) is 2. The lowest BCUT2D eigenvalue weighted by Gasteiger charge is -2.35. The average molecular weight is 278 g/mol. The van der Waals surface area contributed by atoms with Crippen LogP contribution >= 0.6 is 12.2 Å². The highest BCUT2D eigenvalue weighted by Gasteiger charge is 2.20. The number of ether oxygens (including phenoxy) is 1. The predicted octanol–water partition coefficient (Wildman–Crippen LogP) is 2.40. The quantitative estimate of drug-likeness (QED) is 0.786. The lowest BCUT2D eigenvalue weighted by molar-refractivity contribution is 0.192. The van der Waals surface area contributed by atoms with E-state index in [4.69, 9.17) is 17.0 Å². The van der Waals surface area contributed by atoms with Crippen LogP contribution in [-0.4, -0.2) is 54.1 Å². The van der Waals surface area contributed by atoms with Gasteiger partial charge >= 0.3 is 0 Å². The van der Waals surface area contributed by atoms with E-state index < -0.39 is 0 Å². The van der Waals surface area contributed by atoms with Crippen molar-refractivity contribution in [1.29, 1.82) is 0 Å². The maximum Gasteiger partial charge on any atom is 0.129 e. The molecule has 3 nitrogen and oxygen atoms in total. The zero-order chi connectivity index (χ0) is 13.7. The minimum Gasteiger partial charge on any atom is -0.493 e. The van der Waals surface area contributed by atoms with Crippen LogP contribution in [0.25, 0.3) is 0 Å². The van der Waals surface area contributed by atoms with Crippen LogP contribution < -0.4 is 4.74 Å². The summed E-state index contributed by atoms with van der Waals surface area (Å²) in [6, 6.07) is 8.06. The molecule has 1 saturated heterocycles. The number of likely N-dealkylation sites (N-methyl/N-ethyl adjacent to an activating group) is 1. The largest absolute Gasteiger partial charge is 0.493 e. The van der Waals surface area contributed by atoms with Gasteiger partial charge in [0.15, 0.2) is 0 Å². The molecule has 0 N–H and O–H groups in total. The van der Waals surface area contributed by atoms with E-state index in [1.807, 2.05) is 25.1 Å². The molecule has 1 aromatic rings. The summed E-state index contributed by atoms with van der Waals surface area (Å²) in [4.78, 5) is 5.66. The molecule has 104 valence electrons. The molecule has 0 aromatic heterocycles. The second-order valence-corrected chi connectivity index (χ2v) is 5.04. The Hall–Kier alpha value is -1.13. The molecule has 19 heavy (non-hydrogen) atoms. The van der Waals surface area contributed by atoms with Crippen molar-refractivity contribution >= 4 is 17.2 Å². The van der Waals surface area contributed by atoms with Crippen molar-refractivity contribution in [3.8, 4) is 5.75 Å². The Bertz CT molecular complexity index is 428. The highest BCUT2D eigenvalue weighted by Crippen LogP contribution is 2.21. The molecule has 0 spiro atoms. The molecular formula is C15H22N2OS. The fraction of sp³-hybridized carbons (Fsp3) is 0.533. The van der Waals surface area contributed by atoms with Gasteiger partial charge in [-0.25, -0.2) is 0 Å². The van der Waals surface area contributed by atoms with E-state index in [1.165, 1.54) is 0 Å². The van der Waals surface area contributed by atoms with Gasteiger partial charge < -0.3 is 14.5 Å². The smallest absolute Gasteiger partial charge is 0.129 e. The molecule has 0 saturated carbocycles. The van der Waals surface area contributed by atoms with Gasteiger partial charge in [-0.2, -0.15) is 0 Å². The van der Waals surface area contributed by atoms with Gasteiger partial charge in [0.1, 0.15) is 10.7 Å². The van der Waals surface area contributed by atoms with Gasteiger partial charge in [0.25, 0.3) is 0 Å². The summed E-state index contributed by atoms with van der Waals surface area (Å²) in [5, 5.41) is 0. The highest BCUT2D eigenvalue weighted by atomic mass is 32.1. The average Bonchev–Trinajstić information content (AvgIpc) is 2.47. The van der Waals surface area contributed by atoms with Crippen LogP contribution in [0.2, 0.25) is 0 Å². The Morgan fingerprint density at radius 3 is 2.47 bits per heavy atom. The standard InChI is InChI=1S/C15H22N2OS/c1-3-16-9-11-17(12-10-16)15(19)13-7-5-6-8-14(13)18-4-2/h5-8H,3-4,9-12H2,1-2H3. The molecule has 0 amide bonds. The molecule has 1 heterocycles. The third-order valence-corrected chi connectivity index (χ3v) is 4.00. The summed E-state index contributed by atoms with van der Waals surface area (Å²) in [6.07, 6.45) is 0. The van der Waals surface area contributed by atoms with E-state index in [0.29, 0.717) is 6.61 Å². The van der Waals surface area contributed by atoms with Crippen molar-refractivity contribution < 1.29 is 4.74 Å². The van der Waals surface area contributed by atoms with Crippen molar-refractivity contribution in [1.82, 2.24) is 9.80 Å². The van der Waals surface area contributed by atoms with Gasteiger partial charge in [-0.05, 0) is 25.6 Å². The summed E-state index contributed by atoms with van der Waals surface area (Å²) in [7, 11) is 0. The third kappa shape index (κ3) is 3.45. The first-order chi connectivity index (χ1) is 9.26. The van der Waals surface area contributed by atoms with Crippen LogP contribution in [0.15, 0.2) is 24.3 Å². The maximum absolute atomic E-state index is 5.67. The zero-order valence-corrected chi connectivity index (χ0v) is 12.6. The minimum absolute atomic E-state index is 0.670. The van der Waals surface area contributed by atoms with Crippen LogP contribution in [0, 0.1) is 0 Å². The summed E-state index contributed by atoms with van der Waals surface area (Å²) in [5.74, 6) is 0.896. The molecule has 1 aliphatic rings. The van der Waals surface area contributed by atoms with Gasteiger partial charge in [0.05, 0.1) is 12.2 Å². The first-order valence-electron chi connectivity index (χ1n) is 6.99. The summed E-state index contributed by atoms with van der Waals surface area (Å²) in [5.41, 5.74) is 1.05. The number of rotatable bonds is 4. The minimum atomic E-state index is 0.670. The highest BCUT2D eigenvalue weighted by molar-refractivity contribution is 7.80. The van der Waals surface area contributed by atoms with Crippen molar-refractivity contribution in [2.75, 3.05) is 39.3 Å². The van der Waals surface area contributed by atoms with Gasteiger partial charge in [0, 0.05) is 26.2 Å². The first-order valence-corrected chi connectivity index (χ1v) is 7.40. The van der Waals surface area contributed by atoms with Crippen molar-refractivity contribution in [2.24, 2.45) is 0 Å². The second kappa shape index (κ2) is 6.87. The van der Waals surface area contributed by atoms with Crippen LogP contribution in [-0.2, 0) is 0 Å². The Kier molecular flexibility index (Phi) is 5.16. The monoisotopic (exact) mass is 278 g/mol. The normalized spacial score (nSPS) is 16.4. The van der Waals surface area contributed by atoms with Crippen molar-refractivity contribution in [3.05, 3.63) is 29.8 Å². The molecule has 0 unspecified atom stereocenters. The van der Waals surface area contributed by atoms with E-state index in [9.17, 15) is 0 Å². The van der Waals surface area contributed by atoms with E-state index in [2.05, 4.69) is 22.8 Å². The van der Waals surface area contributed by atoms with Gasteiger partial charge in [-0.15, -0.1) is 0 Å². The third-order valence-electron chi connectivity index (χ3n) is 3.52. The zero-order valence-electron chi connectivity index (χ0n) is 11.8. The number of hydrogen-bond donors (Lipinski definition) is 0. The Balaban J connectivity index is 2.07. The molecule has 1 aliphatic heterocycles. The first kappa shape index (κ1) is 14.3. The topological polar surface area (TPSA) is 15.7 Å².